The Morgan fingerprint density at radius 1 is 1.56 bits per heavy atom. The summed E-state index contributed by atoms with van der Waals surface area (Å²) in [5.74, 6) is 1.27. The molecule has 1 saturated heterocycles. The van der Waals surface area contributed by atoms with Crippen LogP contribution in [0.1, 0.15) is 19.8 Å². The SMILES string of the molecule is CC1(CNc2cccc(Cl)c2N)CCCS1. The fraction of sp³-hybridized carbons (Fsp3) is 0.500. The molecule has 1 heterocycles. The third-order valence-electron chi connectivity index (χ3n) is 3.01. The first kappa shape index (κ1) is 11.9. The summed E-state index contributed by atoms with van der Waals surface area (Å²) >= 11 is 8.01. The van der Waals surface area contributed by atoms with Gasteiger partial charge in [0, 0.05) is 11.3 Å². The van der Waals surface area contributed by atoms with Crippen LogP contribution in [0.2, 0.25) is 5.02 Å². The number of hydrogen-bond acceptors (Lipinski definition) is 3. The van der Waals surface area contributed by atoms with E-state index in [-0.39, 0.29) is 0 Å². The molecule has 1 aliphatic heterocycles. The van der Waals surface area contributed by atoms with Gasteiger partial charge in [0.1, 0.15) is 0 Å². The van der Waals surface area contributed by atoms with E-state index >= 15 is 0 Å². The summed E-state index contributed by atoms with van der Waals surface area (Å²) in [5.41, 5.74) is 7.50. The van der Waals surface area contributed by atoms with Gasteiger partial charge in [-0.15, -0.1) is 0 Å². The van der Waals surface area contributed by atoms with E-state index in [1.807, 2.05) is 30.0 Å². The van der Waals surface area contributed by atoms with Gasteiger partial charge >= 0.3 is 0 Å². The molecular weight excluding hydrogens is 240 g/mol. The van der Waals surface area contributed by atoms with Crippen molar-refractivity contribution in [3.8, 4) is 0 Å². The van der Waals surface area contributed by atoms with Gasteiger partial charge in [-0.2, -0.15) is 11.8 Å². The third-order valence-corrected chi connectivity index (χ3v) is 4.87. The maximum absolute atomic E-state index is 5.97. The maximum Gasteiger partial charge on any atom is 0.0739 e. The van der Waals surface area contributed by atoms with E-state index in [1.165, 1.54) is 18.6 Å². The van der Waals surface area contributed by atoms with Crippen molar-refractivity contribution in [1.29, 1.82) is 0 Å². The second-order valence-corrected chi connectivity index (χ2v) is 6.55. The van der Waals surface area contributed by atoms with E-state index in [0.717, 1.165) is 12.2 Å². The number of para-hydroxylation sites is 1. The molecule has 16 heavy (non-hydrogen) atoms. The molecule has 0 aromatic heterocycles. The number of rotatable bonds is 3. The fourth-order valence-corrected chi connectivity index (χ4v) is 3.37. The van der Waals surface area contributed by atoms with Crippen LogP contribution in [0.4, 0.5) is 11.4 Å². The van der Waals surface area contributed by atoms with Gasteiger partial charge in [-0.3, -0.25) is 0 Å². The van der Waals surface area contributed by atoms with Crippen LogP contribution < -0.4 is 11.1 Å². The monoisotopic (exact) mass is 256 g/mol. The van der Waals surface area contributed by atoms with Gasteiger partial charge in [-0.25, -0.2) is 0 Å². The Hall–Kier alpha value is -0.540. The first-order valence-electron chi connectivity index (χ1n) is 5.53. The Morgan fingerprint density at radius 3 is 3.06 bits per heavy atom. The number of anilines is 2. The lowest BCUT2D eigenvalue weighted by Gasteiger charge is -2.24. The molecule has 4 heteroatoms. The molecule has 1 atom stereocenters. The van der Waals surface area contributed by atoms with E-state index in [0.29, 0.717) is 15.5 Å². The number of nitrogens with two attached hydrogens (primary N) is 1. The van der Waals surface area contributed by atoms with Crippen molar-refractivity contribution in [3.05, 3.63) is 23.2 Å². The normalized spacial score (nSPS) is 24.6. The summed E-state index contributed by atoms with van der Waals surface area (Å²) < 4.78 is 0.342. The van der Waals surface area contributed by atoms with Crippen LogP contribution in [0.3, 0.4) is 0 Å². The summed E-state index contributed by atoms with van der Waals surface area (Å²) in [6.07, 6.45) is 2.58. The van der Waals surface area contributed by atoms with E-state index in [4.69, 9.17) is 17.3 Å². The van der Waals surface area contributed by atoms with Crippen LogP contribution in [0.5, 0.6) is 0 Å². The van der Waals surface area contributed by atoms with E-state index in [2.05, 4.69) is 12.2 Å². The van der Waals surface area contributed by atoms with Crippen LogP contribution in [0.15, 0.2) is 18.2 Å². The molecule has 3 N–H and O–H groups in total. The average Bonchev–Trinajstić information content (AvgIpc) is 2.68. The first-order valence-corrected chi connectivity index (χ1v) is 6.89. The molecule has 0 spiro atoms. The summed E-state index contributed by atoms with van der Waals surface area (Å²) in [7, 11) is 0. The van der Waals surface area contributed by atoms with Crippen molar-refractivity contribution in [3.63, 3.8) is 0 Å². The predicted octanol–water partition coefficient (Wildman–Crippen LogP) is 3.62. The van der Waals surface area contributed by atoms with Crippen molar-refractivity contribution in [2.75, 3.05) is 23.3 Å². The molecule has 0 amide bonds. The van der Waals surface area contributed by atoms with Gasteiger partial charge < -0.3 is 11.1 Å². The molecule has 1 unspecified atom stereocenters. The second-order valence-electron chi connectivity index (χ2n) is 4.46. The zero-order valence-corrected chi connectivity index (χ0v) is 11.0. The van der Waals surface area contributed by atoms with Gasteiger partial charge in [0.15, 0.2) is 0 Å². The van der Waals surface area contributed by atoms with Gasteiger partial charge in [-0.1, -0.05) is 17.7 Å². The Balaban J connectivity index is 2.02. The van der Waals surface area contributed by atoms with Gasteiger partial charge in [0.25, 0.3) is 0 Å². The van der Waals surface area contributed by atoms with Crippen molar-refractivity contribution in [1.82, 2.24) is 0 Å². The zero-order chi connectivity index (χ0) is 11.6. The van der Waals surface area contributed by atoms with Crippen molar-refractivity contribution < 1.29 is 0 Å². The average molecular weight is 257 g/mol. The van der Waals surface area contributed by atoms with Crippen LogP contribution in [0.25, 0.3) is 0 Å². The van der Waals surface area contributed by atoms with Crippen LogP contribution in [-0.2, 0) is 0 Å². The minimum absolute atomic E-state index is 0.342. The van der Waals surface area contributed by atoms with Gasteiger partial charge in [0.05, 0.1) is 16.4 Å². The molecule has 2 nitrogen and oxygen atoms in total. The molecule has 0 aliphatic carbocycles. The fourth-order valence-electron chi connectivity index (χ4n) is 1.95. The van der Waals surface area contributed by atoms with E-state index < -0.39 is 0 Å². The topological polar surface area (TPSA) is 38.0 Å². The molecule has 1 aromatic carbocycles. The molecule has 1 aliphatic rings. The minimum Gasteiger partial charge on any atom is -0.396 e. The molecule has 1 fully saturated rings. The Labute approximate surface area is 106 Å². The Bertz CT molecular complexity index is 375. The molecule has 1 aromatic rings. The standard InChI is InChI=1S/C12H17ClN2S/c1-12(6-3-7-16-12)8-15-10-5-2-4-9(13)11(10)14/h2,4-5,15H,3,6-8,14H2,1H3. The van der Waals surface area contributed by atoms with Crippen molar-refractivity contribution >= 4 is 34.7 Å². The second kappa shape index (κ2) is 4.76. The molecule has 0 saturated carbocycles. The van der Waals surface area contributed by atoms with Gasteiger partial charge in [0.2, 0.25) is 0 Å². The Morgan fingerprint density at radius 2 is 2.38 bits per heavy atom. The Kier molecular flexibility index (Phi) is 3.55. The lowest BCUT2D eigenvalue weighted by atomic mass is 10.1. The maximum atomic E-state index is 5.97. The molecule has 2 rings (SSSR count). The largest absolute Gasteiger partial charge is 0.396 e. The van der Waals surface area contributed by atoms with Crippen LogP contribution in [-0.4, -0.2) is 17.0 Å². The molecular formula is C12H17ClN2S. The zero-order valence-electron chi connectivity index (χ0n) is 9.42. The highest BCUT2D eigenvalue weighted by Crippen LogP contribution is 2.38. The summed E-state index contributed by atoms with van der Waals surface area (Å²) in [6.45, 7) is 3.25. The number of nitrogen functional groups attached to an aromatic ring is 1. The number of nitrogens with one attached hydrogen (secondary N) is 1. The smallest absolute Gasteiger partial charge is 0.0739 e. The number of thioether (sulfide) groups is 1. The van der Waals surface area contributed by atoms with E-state index in [9.17, 15) is 0 Å². The van der Waals surface area contributed by atoms with Crippen LogP contribution >= 0.6 is 23.4 Å². The van der Waals surface area contributed by atoms with Crippen molar-refractivity contribution in [2.24, 2.45) is 0 Å². The number of hydrogen-bond donors (Lipinski definition) is 2. The lowest BCUT2D eigenvalue weighted by molar-refractivity contribution is 0.635. The van der Waals surface area contributed by atoms with Gasteiger partial charge in [-0.05, 0) is 37.7 Å². The number of benzene rings is 1. The predicted molar refractivity (Wildman–Crippen MR) is 74.5 cm³/mol. The molecule has 88 valence electrons. The lowest BCUT2D eigenvalue weighted by Crippen LogP contribution is -2.27. The van der Waals surface area contributed by atoms with Crippen molar-refractivity contribution in [2.45, 2.75) is 24.5 Å². The molecule has 0 bridgehead atoms. The quantitative estimate of drug-likeness (QED) is 0.812. The highest BCUT2D eigenvalue weighted by atomic mass is 35.5. The number of halogens is 1. The van der Waals surface area contributed by atoms with E-state index in [1.54, 1.807) is 0 Å². The first-order chi connectivity index (χ1) is 7.61. The highest BCUT2D eigenvalue weighted by Gasteiger charge is 2.29. The summed E-state index contributed by atoms with van der Waals surface area (Å²) in [6, 6.07) is 5.71. The molecule has 0 radical (unpaired) electrons. The van der Waals surface area contributed by atoms with Crippen LogP contribution in [0, 0.1) is 0 Å². The summed E-state index contributed by atoms with van der Waals surface area (Å²) in [5, 5.41) is 4.03. The minimum atomic E-state index is 0.342. The highest BCUT2D eigenvalue weighted by molar-refractivity contribution is 8.00. The summed E-state index contributed by atoms with van der Waals surface area (Å²) in [4.78, 5) is 0. The third kappa shape index (κ3) is 2.58.